The normalized spacial score (nSPS) is 23.8. The van der Waals surface area contributed by atoms with Crippen molar-refractivity contribution in [1.29, 1.82) is 0 Å². The highest BCUT2D eigenvalue weighted by Crippen LogP contribution is 2.33. The minimum absolute atomic E-state index is 0.0466. The largest absolute Gasteiger partial charge is 0.490 e. The number of carbonyl (C=O) groups excluding carboxylic acids is 1. The van der Waals surface area contributed by atoms with Crippen LogP contribution in [-0.4, -0.2) is 88.2 Å². The zero-order valence-electron chi connectivity index (χ0n) is 17.9. The molecule has 1 amide bonds. The molecule has 0 bridgehead atoms. The maximum atomic E-state index is 13.1. The quantitative estimate of drug-likeness (QED) is 0.682. The number of carbonyl (C=O) groups is 1. The van der Waals surface area contributed by atoms with Gasteiger partial charge in [-0.05, 0) is 31.9 Å². The Hall–Kier alpha value is -1.88. The van der Waals surface area contributed by atoms with Crippen LogP contribution >= 0.6 is 0 Å². The fraction of sp³-hybridized carbons (Fsp3) is 0.667. The summed E-state index contributed by atoms with van der Waals surface area (Å²) in [6.45, 7) is 5.87. The van der Waals surface area contributed by atoms with Crippen LogP contribution in [0, 0.1) is 0 Å². The molecule has 0 aromatic heterocycles. The van der Waals surface area contributed by atoms with Gasteiger partial charge in [0.25, 0.3) is 0 Å². The van der Waals surface area contributed by atoms with Crippen LogP contribution in [0.5, 0.6) is 11.5 Å². The van der Waals surface area contributed by atoms with Gasteiger partial charge in [0.05, 0.1) is 30.3 Å². The lowest BCUT2D eigenvalue weighted by molar-refractivity contribution is -0.126. The number of nitrogens with zero attached hydrogens (tertiary/aromatic N) is 2. The smallest absolute Gasteiger partial charge is 0.243 e. The van der Waals surface area contributed by atoms with Crippen LogP contribution in [0.4, 0.5) is 0 Å². The topological polar surface area (TPSA) is 97.4 Å². The third-order valence-corrected chi connectivity index (χ3v) is 7.98. The van der Waals surface area contributed by atoms with E-state index in [2.05, 4.69) is 5.32 Å². The van der Waals surface area contributed by atoms with E-state index >= 15 is 0 Å². The number of benzene rings is 1. The summed E-state index contributed by atoms with van der Waals surface area (Å²) in [5, 5.41) is 2.96. The van der Waals surface area contributed by atoms with Gasteiger partial charge in [-0.15, -0.1) is 0 Å². The average molecular weight is 454 g/mol. The summed E-state index contributed by atoms with van der Waals surface area (Å²) in [7, 11) is -3.64. The Kier molecular flexibility index (Phi) is 7.00. The molecule has 0 radical (unpaired) electrons. The average Bonchev–Trinajstić information content (AvgIpc) is 3.20. The summed E-state index contributed by atoms with van der Waals surface area (Å²) >= 11 is 0. The SMILES string of the molecule is C[C@H](C(=O)NC[C@@H]1CCCO1)N1CCN(S(=O)(=O)c2ccc3c(c2)OCCCO3)CC1. The van der Waals surface area contributed by atoms with Crippen LogP contribution in [0.1, 0.15) is 26.2 Å². The molecule has 1 aromatic carbocycles. The van der Waals surface area contributed by atoms with E-state index in [-0.39, 0.29) is 22.9 Å². The molecule has 0 aliphatic carbocycles. The molecule has 2 saturated heterocycles. The second-order valence-corrected chi connectivity index (χ2v) is 10.1. The summed E-state index contributed by atoms with van der Waals surface area (Å²) in [5.41, 5.74) is 0. The van der Waals surface area contributed by atoms with E-state index in [4.69, 9.17) is 14.2 Å². The third-order valence-electron chi connectivity index (χ3n) is 6.09. The Morgan fingerprint density at radius 2 is 1.84 bits per heavy atom. The predicted octanol–water partition coefficient (Wildman–Crippen LogP) is 0.838. The van der Waals surface area contributed by atoms with E-state index in [1.165, 1.54) is 4.31 Å². The standard InChI is InChI=1S/C21H31N3O6S/c1-16(21(25)22-15-17-4-2-11-28-17)23-7-9-24(10-8-23)31(26,27)18-5-6-19-20(14-18)30-13-3-12-29-19/h5-6,14,16-17H,2-4,7-13,15H2,1H3,(H,22,25)/t16-,17+/m1/s1. The lowest BCUT2D eigenvalue weighted by Gasteiger charge is -2.36. The van der Waals surface area contributed by atoms with Crippen molar-refractivity contribution in [3.8, 4) is 11.5 Å². The molecule has 1 aromatic rings. The molecular weight excluding hydrogens is 422 g/mol. The maximum Gasteiger partial charge on any atom is 0.243 e. The number of fused-ring (bicyclic) bond motifs is 1. The Bertz CT molecular complexity index is 879. The van der Waals surface area contributed by atoms with Gasteiger partial charge >= 0.3 is 0 Å². The van der Waals surface area contributed by atoms with Gasteiger partial charge in [-0.1, -0.05) is 0 Å². The van der Waals surface area contributed by atoms with Crippen molar-refractivity contribution in [3.63, 3.8) is 0 Å². The van der Waals surface area contributed by atoms with Crippen molar-refractivity contribution in [3.05, 3.63) is 18.2 Å². The van der Waals surface area contributed by atoms with Gasteiger partial charge in [-0.2, -0.15) is 4.31 Å². The molecule has 3 heterocycles. The highest BCUT2D eigenvalue weighted by molar-refractivity contribution is 7.89. The van der Waals surface area contributed by atoms with E-state index in [0.29, 0.717) is 57.4 Å². The first kappa shape index (κ1) is 22.3. The van der Waals surface area contributed by atoms with Gasteiger partial charge in [-0.3, -0.25) is 9.69 Å². The number of ether oxygens (including phenoxy) is 3. The second kappa shape index (κ2) is 9.72. The summed E-state index contributed by atoms with van der Waals surface area (Å²) < 4.78 is 44.5. The van der Waals surface area contributed by atoms with Gasteiger partial charge in [0.15, 0.2) is 11.5 Å². The molecule has 4 rings (SSSR count). The third kappa shape index (κ3) is 5.14. The van der Waals surface area contributed by atoms with Crippen LogP contribution in [0.25, 0.3) is 0 Å². The number of hydrogen-bond donors (Lipinski definition) is 1. The minimum Gasteiger partial charge on any atom is -0.490 e. The van der Waals surface area contributed by atoms with Crippen molar-refractivity contribution in [2.24, 2.45) is 0 Å². The van der Waals surface area contributed by atoms with Crippen LogP contribution in [-0.2, 0) is 19.6 Å². The number of nitrogens with one attached hydrogen (secondary N) is 1. The fourth-order valence-corrected chi connectivity index (χ4v) is 5.56. The summed E-state index contributed by atoms with van der Waals surface area (Å²) in [6.07, 6.45) is 2.88. The van der Waals surface area contributed by atoms with Gasteiger partial charge in [0, 0.05) is 51.8 Å². The maximum absolute atomic E-state index is 13.1. The molecule has 1 N–H and O–H groups in total. The van der Waals surface area contributed by atoms with Gasteiger partial charge in [-0.25, -0.2) is 8.42 Å². The van der Waals surface area contributed by atoms with Gasteiger partial charge in [0.1, 0.15) is 0 Å². The molecular formula is C21H31N3O6S. The molecule has 9 nitrogen and oxygen atoms in total. The van der Waals surface area contributed by atoms with E-state index in [1.807, 2.05) is 11.8 Å². The van der Waals surface area contributed by atoms with Crippen LogP contribution in [0.15, 0.2) is 23.1 Å². The molecule has 3 aliphatic rings. The Labute approximate surface area is 183 Å². The minimum atomic E-state index is -3.64. The molecule has 2 fully saturated rings. The number of piperazine rings is 1. The number of hydrogen-bond acceptors (Lipinski definition) is 7. The molecule has 0 saturated carbocycles. The van der Waals surface area contributed by atoms with E-state index in [1.54, 1.807) is 18.2 Å². The first-order valence-corrected chi connectivity index (χ1v) is 12.4. The van der Waals surface area contributed by atoms with Crippen molar-refractivity contribution in [2.45, 2.75) is 43.2 Å². The van der Waals surface area contributed by atoms with Crippen molar-refractivity contribution >= 4 is 15.9 Å². The molecule has 2 atom stereocenters. The number of rotatable bonds is 6. The first-order chi connectivity index (χ1) is 14.9. The second-order valence-electron chi connectivity index (χ2n) is 8.16. The van der Waals surface area contributed by atoms with Gasteiger partial charge in [0.2, 0.25) is 15.9 Å². The van der Waals surface area contributed by atoms with Crippen molar-refractivity contribution < 1.29 is 27.4 Å². The number of amides is 1. The summed E-state index contributed by atoms with van der Waals surface area (Å²) in [4.78, 5) is 14.7. The molecule has 0 spiro atoms. The zero-order valence-corrected chi connectivity index (χ0v) is 18.7. The molecule has 172 valence electrons. The predicted molar refractivity (Wildman–Crippen MR) is 114 cm³/mol. The van der Waals surface area contributed by atoms with E-state index in [9.17, 15) is 13.2 Å². The molecule has 0 unspecified atom stereocenters. The van der Waals surface area contributed by atoms with Gasteiger partial charge < -0.3 is 19.5 Å². The van der Waals surface area contributed by atoms with E-state index in [0.717, 1.165) is 25.9 Å². The Balaban J connectivity index is 1.33. The zero-order chi connectivity index (χ0) is 21.8. The highest BCUT2D eigenvalue weighted by atomic mass is 32.2. The van der Waals surface area contributed by atoms with E-state index < -0.39 is 10.0 Å². The Morgan fingerprint density at radius 1 is 1.10 bits per heavy atom. The lowest BCUT2D eigenvalue weighted by Crippen LogP contribution is -2.55. The van der Waals surface area contributed by atoms with Crippen molar-refractivity contribution in [1.82, 2.24) is 14.5 Å². The summed E-state index contributed by atoms with van der Waals surface area (Å²) in [6, 6.07) is 4.45. The molecule has 31 heavy (non-hydrogen) atoms. The molecule has 3 aliphatic heterocycles. The highest BCUT2D eigenvalue weighted by Gasteiger charge is 2.32. The molecule has 10 heteroatoms. The monoisotopic (exact) mass is 453 g/mol. The Morgan fingerprint density at radius 3 is 2.55 bits per heavy atom. The van der Waals surface area contributed by atoms with Crippen LogP contribution in [0.2, 0.25) is 0 Å². The summed E-state index contributed by atoms with van der Waals surface area (Å²) in [5.74, 6) is 0.993. The van der Waals surface area contributed by atoms with Crippen LogP contribution < -0.4 is 14.8 Å². The van der Waals surface area contributed by atoms with Crippen molar-refractivity contribution in [2.75, 3.05) is 52.5 Å². The lowest BCUT2D eigenvalue weighted by atomic mass is 10.2. The fourth-order valence-electron chi connectivity index (χ4n) is 4.12. The first-order valence-electron chi connectivity index (χ1n) is 11.0. The van der Waals surface area contributed by atoms with Crippen LogP contribution in [0.3, 0.4) is 0 Å². The number of sulfonamides is 1.